The second-order valence-corrected chi connectivity index (χ2v) is 3.86. The van der Waals surface area contributed by atoms with Gasteiger partial charge in [0.1, 0.15) is 0 Å². The van der Waals surface area contributed by atoms with Crippen LogP contribution >= 0.6 is 0 Å². The first-order chi connectivity index (χ1) is 7.33. The van der Waals surface area contributed by atoms with E-state index < -0.39 is 0 Å². The van der Waals surface area contributed by atoms with Crippen LogP contribution in [0.25, 0.3) is 0 Å². The smallest absolute Gasteiger partial charge is 1.00 e. The molecule has 98 valence electrons. The number of hydrogen-bond acceptors (Lipinski definition) is 0. The Morgan fingerprint density at radius 1 is 0.833 bits per heavy atom. The average Bonchev–Trinajstić information content (AvgIpc) is 2.88. The van der Waals surface area contributed by atoms with Crippen LogP contribution in [-0.2, 0) is 28.1 Å². The Kier molecular flexibility index (Phi) is 19.3. The van der Waals surface area contributed by atoms with Crippen molar-refractivity contribution < 1.29 is 46.5 Å². The van der Waals surface area contributed by atoms with Crippen LogP contribution in [0.2, 0.25) is 0 Å². The summed E-state index contributed by atoms with van der Waals surface area (Å²) in [6.45, 7) is 4.31. The number of unbranched alkanes of at least 4 members (excludes halogenated alkanes) is 1. The molecule has 2 rings (SSSR count). The third kappa shape index (κ3) is 11.1. The van der Waals surface area contributed by atoms with Crippen molar-refractivity contribution in [1.29, 1.82) is 0 Å². The Bertz CT molecular complexity index is 325. The van der Waals surface area contributed by atoms with E-state index in [-0.39, 0.29) is 46.5 Å². The topological polar surface area (TPSA) is 0 Å². The standard InChI is InChI=1S/C9H13.C6H7.2ClH.Ti/c1-2-3-6-9-7-4-5-8-9;1-6-4-2-3-5-6;;;/h4-5,7-8H,2-3,6H2,1H3;2-5H,1H3;2*1H;/q2*-1;;;+4/p-2. The van der Waals surface area contributed by atoms with Crippen molar-refractivity contribution in [2.24, 2.45) is 0 Å². The van der Waals surface area contributed by atoms with Crippen LogP contribution in [0.4, 0.5) is 0 Å². The van der Waals surface area contributed by atoms with Crippen molar-refractivity contribution in [3.05, 3.63) is 59.7 Å². The summed E-state index contributed by atoms with van der Waals surface area (Å²) in [7, 11) is 0. The van der Waals surface area contributed by atoms with Crippen molar-refractivity contribution in [3.8, 4) is 0 Å². The molecule has 0 fully saturated rings. The summed E-state index contributed by atoms with van der Waals surface area (Å²) in [4.78, 5) is 0. The Labute approximate surface area is 139 Å². The van der Waals surface area contributed by atoms with Crippen molar-refractivity contribution in [3.63, 3.8) is 0 Å². The van der Waals surface area contributed by atoms with Crippen LogP contribution in [0, 0.1) is 6.92 Å². The zero-order chi connectivity index (χ0) is 10.9. The summed E-state index contributed by atoms with van der Waals surface area (Å²) in [5.41, 5.74) is 2.83. The molecule has 0 aliphatic carbocycles. The summed E-state index contributed by atoms with van der Waals surface area (Å²) >= 11 is 0. The van der Waals surface area contributed by atoms with Gasteiger partial charge in [0, 0.05) is 0 Å². The molecule has 0 saturated carbocycles. The molecule has 3 heteroatoms. The zero-order valence-corrected chi connectivity index (χ0v) is 14.1. The van der Waals surface area contributed by atoms with Gasteiger partial charge in [-0.3, -0.25) is 0 Å². The third-order valence-electron chi connectivity index (χ3n) is 2.38. The fraction of sp³-hybridized carbons (Fsp3) is 0.333. The first kappa shape index (κ1) is 23.1. The molecule has 0 spiro atoms. The van der Waals surface area contributed by atoms with Crippen LogP contribution in [-0.4, -0.2) is 0 Å². The van der Waals surface area contributed by atoms with Gasteiger partial charge in [-0.25, -0.2) is 24.3 Å². The van der Waals surface area contributed by atoms with E-state index >= 15 is 0 Å². The number of aryl methyl sites for hydroxylation is 2. The molecule has 0 amide bonds. The van der Waals surface area contributed by atoms with E-state index in [2.05, 4.69) is 50.2 Å². The number of rotatable bonds is 3. The summed E-state index contributed by atoms with van der Waals surface area (Å²) in [5, 5.41) is 0. The normalized spacial score (nSPS) is 7.89. The van der Waals surface area contributed by atoms with Crippen LogP contribution in [0.15, 0.2) is 48.5 Å². The molecule has 0 bridgehead atoms. The minimum atomic E-state index is 0. The van der Waals surface area contributed by atoms with E-state index in [0.29, 0.717) is 0 Å². The minimum absolute atomic E-state index is 0. The first-order valence-electron chi connectivity index (χ1n) is 5.72. The van der Waals surface area contributed by atoms with E-state index in [1.165, 1.54) is 30.4 Å². The van der Waals surface area contributed by atoms with Gasteiger partial charge in [0.2, 0.25) is 0 Å². The maximum absolute atomic E-state index is 2.23. The van der Waals surface area contributed by atoms with E-state index in [0.717, 1.165) is 0 Å². The molecule has 0 radical (unpaired) electrons. The van der Waals surface area contributed by atoms with Crippen LogP contribution in [0.3, 0.4) is 0 Å². The maximum atomic E-state index is 2.23. The Hall–Kier alpha value is -0.00571. The first-order valence-corrected chi connectivity index (χ1v) is 5.72. The Balaban J connectivity index is -0.000000225. The van der Waals surface area contributed by atoms with Gasteiger partial charge >= 0.3 is 21.7 Å². The number of hydrogen-bond donors (Lipinski definition) is 0. The molecule has 0 aliphatic heterocycles. The van der Waals surface area contributed by atoms with E-state index in [4.69, 9.17) is 0 Å². The zero-order valence-electron chi connectivity index (χ0n) is 11.0. The molecule has 0 saturated heterocycles. The predicted molar refractivity (Wildman–Crippen MR) is 67.4 cm³/mol. The monoisotopic (exact) mass is 318 g/mol. The van der Waals surface area contributed by atoms with Crippen molar-refractivity contribution >= 4 is 0 Å². The van der Waals surface area contributed by atoms with Crippen molar-refractivity contribution in [2.75, 3.05) is 0 Å². The van der Waals surface area contributed by atoms with Gasteiger partial charge in [0.25, 0.3) is 0 Å². The van der Waals surface area contributed by atoms with E-state index in [9.17, 15) is 0 Å². The Morgan fingerprint density at radius 2 is 1.28 bits per heavy atom. The molecule has 0 atom stereocenters. The van der Waals surface area contributed by atoms with Crippen LogP contribution in [0.1, 0.15) is 30.9 Å². The molecule has 2 aromatic carbocycles. The largest absolute Gasteiger partial charge is 4.00 e. The quantitative estimate of drug-likeness (QED) is 0.476. The van der Waals surface area contributed by atoms with E-state index in [1.807, 2.05) is 12.1 Å². The van der Waals surface area contributed by atoms with Gasteiger partial charge in [-0.05, 0) is 0 Å². The summed E-state index contributed by atoms with van der Waals surface area (Å²) in [6, 6.07) is 16.8. The molecular formula is C15H20Cl2Ti. The second kappa shape index (κ2) is 15.1. The molecule has 0 unspecified atom stereocenters. The average molecular weight is 319 g/mol. The van der Waals surface area contributed by atoms with E-state index in [1.54, 1.807) is 0 Å². The van der Waals surface area contributed by atoms with Crippen molar-refractivity contribution in [2.45, 2.75) is 33.1 Å². The fourth-order valence-corrected chi connectivity index (χ4v) is 1.43. The van der Waals surface area contributed by atoms with Gasteiger partial charge in [-0.1, -0.05) is 33.1 Å². The molecule has 0 aromatic heterocycles. The summed E-state index contributed by atoms with van der Waals surface area (Å²) in [5.74, 6) is 0. The molecule has 0 heterocycles. The Morgan fingerprint density at radius 3 is 1.61 bits per heavy atom. The van der Waals surface area contributed by atoms with Gasteiger partial charge in [0.05, 0.1) is 0 Å². The fourth-order valence-electron chi connectivity index (χ4n) is 1.43. The van der Waals surface area contributed by atoms with Gasteiger partial charge in [-0.2, -0.15) is 35.4 Å². The molecule has 0 N–H and O–H groups in total. The second-order valence-electron chi connectivity index (χ2n) is 3.86. The minimum Gasteiger partial charge on any atom is -1.00 e. The number of halogens is 2. The molecule has 18 heavy (non-hydrogen) atoms. The molecule has 0 nitrogen and oxygen atoms in total. The summed E-state index contributed by atoms with van der Waals surface area (Å²) in [6.07, 6.45) is 3.87. The maximum Gasteiger partial charge on any atom is 4.00 e. The summed E-state index contributed by atoms with van der Waals surface area (Å²) < 4.78 is 0. The van der Waals surface area contributed by atoms with Gasteiger partial charge < -0.3 is 24.8 Å². The third-order valence-corrected chi connectivity index (χ3v) is 2.38. The van der Waals surface area contributed by atoms with Crippen LogP contribution < -0.4 is 24.8 Å². The van der Waals surface area contributed by atoms with Gasteiger partial charge in [-0.15, -0.1) is 0 Å². The molecule has 2 aromatic rings. The van der Waals surface area contributed by atoms with Gasteiger partial charge in [0.15, 0.2) is 0 Å². The van der Waals surface area contributed by atoms with Crippen LogP contribution in [0.5, 0.6) is 0 Å². The molecular weight excluding hydrogens is 299 g/mol. The molecule has 0 aliphatic rings. The van der Waals surface area contributed by atoms with Crippen molar-refractivity contribution in [1.82, 2.24) is 0 Å². The SMILES string of the molecule is CCCC[c-]1cccc1.C[c-]1cccc1.[Cl-].[Cl-].[Ti+4]. The predicted octanol–water partition coefficient (Wildman–Crippen LogP) is -1.53.